The first-order valence-electron chi connectivity index (χ1n) is 9.78. The van der Waals surface area contributed by atoms with Crippen LogP contribution >= 0.6 is 34.8 Å². The number of methoxy groups -OCH3 is 2. The third-order valence-corrected chi connectivity index (χ3v) is 7.00. The molecule has 0 fully saturated rings. The number of ether oxygens (including phenoxy) is 2. The van der Waals surface area contributed by atoms with Crippen LogP contribution < -0.4 is 19.1 Å². The van der Waals surface area contributed by atoms with Crippen molar-refractivity contribution in [3.05, 3.63) is 80.8 Å². The number of anilines is 2. The minimum absolute atomic E-state index is 0.0109. The molecule has 180 valence electrons. The molecule has 1 amide bonds. The van der Waals surface area contributed by atoms with Gasteiger partial charge in [-0.15, -0.1) is 0 Å². The lowest BCUT2D eigenvalue weighted by Gasteiger charge is -2.26. The number of carbonyl (C=O) groups excluding carboxylic acids is 1. The fourth-order valence-electron chi connectivity index (χ4n) is 3.19. The second kappa shape index (κ2) is 10.7. The third kappa shape index (κ3) is 5.88. The zero-order valence-electron chi connectivity index (χ0n) is 18.4. The van der Waals surface area contributed by atoms with E-state index in [0.29, 0.717) is 0 Å². The van der Waals surface area contributed by atoms with E-state index in [1.54, 1.807) is 24.3 Å². The zero-order valence-corrected chi connectivity index (χ0v) is 21.5. The van der Waals surface area contributed by atoms with E-state index in [0.717, 1.165) is 16.1 Å². The monoisotopic (exact) mass is 542 g/mol. The average Bonchev–Trinajstić information content (AvgIpc) is 2.80. The molecule has 0 spiro atoms. The summed E-state index contributed by atoms with van der Waals surface area (Å²) in [7, 11) is -0.992. The van der Waals surface area contributed by atoms with Crippen LogP contribution in [0.5, 0.6) is 11.5 Å². The Morgan fingerprint density at radius 2 is 1.50 bits per heavy atom. The van der Waals surface area contributed by atoms with Crippen molar-refractivity contribution in [3.8, 4) is 11.5 Å². The molecule has 0 atom stereocenters. The van der Waals surface area contributed by atoms with Gasteiger partial charge in [-0.3, -0.25) is 9.10 Å². The maximum absolute atomic E-state index is 13.4. The highest BCUT2D eigenvalue weighted by atomic mass is 35.5. The summed E-state index contributed by atoms with van der Waals surface area (Å²) >= 11 is 18.3. The Morgan fingerprint density at radius 1 is 0.912 bits per heavy atom. The highest BCUT2D eigenvalue weighted by Gasteiger charge is 2.27. The normalized spacial score (nSPS) is 11.1. The van der Waals surface area contributed by atoms with E-state index in [4.69, 9.17) is 44.3 Å². The van der Waals surface area contributed by atoms with Gasteiger partial charge in [0.1, 0.15) is 0 Å². The molecule has 34 heavy (non-hydrogen) atoms. The van der Waals surface area contributed by atoms with Crippen molar-refractivity contribution < 1.29 is 22.7 Å². The van der Waals surface area contributed by atoms with E-state index in [9.17, 15) is 13.2 Å². The maximum atomic E-state index is 13.4. The number of hydrogen-bond donors (Lipinski definition) is 1. The van der Waals surface area contributed by atoms with E-state index < -0.39 is 15.9 Å². The first-order chi connectivity index (χ1) is 16.0. The Balaban J connectivity index is 2.15. The molecule has 7 nitrogen and oxygen atoms in total. The molecule has 0 aliphatic heterocycles. The minimum Gasteiger partial charge on any atom is -0.493 e. The summed E-state index contributed by atoms with van der Waals surface area (Å²) < 4.78 is 37.5. The van der Waals surface area contributed by atoms with Gasteiger partial charge in [0.2, 0.25) is 10.0 Å². The predicted molar refractivity (Wildman–Crippen MR) is 136 cm³/mol. The highest BCUT2D eigenvalue weighted by Crippen LogP contribution is 2.38. The maximum Gasteiger partial charge on any atom is 0.257 e. The number of amides is 1. The third-order valence-electron chi connectivity index (χ3n) is 4.84. The number of nitrogens with zero attached hydrogens (tertiary/aromatic N) is 1. The van der Waals surface area contributed by atoms with Gasteiger partial charge in [0.25, 0.3) is 5.91 Å². The number of rotatable bonds is 8. The molecule has 0 saturated carbocycles. The number of carbonyl (C=O) groups is 1. The van der Waals surface area contributed by atoms with E-state index >= 15 is 0 Å². The van der Waals surface area contributed by atoms with Gasteiger partial charge >= 0.3 is 0 Å². The van der Waals surface area contributed by atoms with Gasteiger partial charge in [0, 0.05) is 6.07 Å². The second-order valence-corrected chi connectivity index (χ2v) is 10.3. The molecule has 0 aliphatic rings. The standard InChI is InChI=1S/C23H21Cl3N2O5S/c1-32-21-9-15(23(29)27-19-11-17(25)16(24)10-18(19)26)20(12-22(21)33-2)28(34(3,30)31)13-14-7-5-4-6-8-14/h4-12H,13H2,1-3H3,(H,27,29). The van der Waals surface area contributed by atoms with E-state index in [1.807, 2.05) is 6.07 Å². The Morgan fingerprint density at radius 3 is 2.09 bits per heavy atom. The molecular formula is C23H21Cl3N2O5S. The summed E-state index contributed by atoms with van der Waals surface area (Å²) in [6.07, 6.45) is 1.06. The van der Waals surface area contributed by atoms with Crippen LogP contribution in [-0.4, -0.2) is 34.8 Å². The van der Waals surface area contributed by atoms with Crippen LogP contribution in [0.2, 0.25) is 15.1 Å². The van der Waals surface area contributed by atoms with Crippen molar-refractivity contribution in [2.75, 3.05) is 30.1 Å². The lowest BCUT2D eigenvalue weighted by atomic mass is 10.1. The Kier molecular flexibility index (Phi) is 8.20. The van der Waals surface area contributed by atoms with Crippen LogP contribution in [0.3, 0.4) is 0 Å². The van der Waals surface area contributed by atoms with Crippen molar-refractivity contribution >= 4 is 62.1 Å². The molecule has 0 radical (unpaired) electrons. The Labute approximate surface area is 213 Å². The summed E-state index contributed by atoms with van der Waals surface area (Å²) in [4.78, 5) is 13.4. The van der Waals surface area contributed by atoms with Gasteiger partial charge in [-0.25, -0.2) is 8.42 Å². The number of sulfonamides is 1. The van der Waals surface area contributed by atoms with Crippen molar-refractivity contribution in [3.63, 3.8) is 0 Å². The molecular weight excluding hydrogens is 523 g/mol. The molecule has 3 aromatic rings. The SMILES string of the molecule is COc1cc(C(=O)Nc2cc(Cl)c(Cl)cc2Cl)c(N(Cc2ccccc2)S(C)(=O)=O)cc1OC. The van der Waals surface area contributed by atoms with Gasteiger partial charge < -0.3 is 14.8 Å². The Hall–Kier alpha value is -2.65. The highest BCUT2D eigenvalue weighted by molar-refractivity contribution is 7.92. The van der Waals surface area contributed by atoms with Crippen LogP contribution in [0.1, 0.15) is 15.9 Å². The molecule has 3 rings (SSSR count). The quantitative estimate of drug-likeness (QED) is 0.359. The summed E-state index contributed by atoms with van der Waals surface area (Å²) in [5.41, 5.74) is 1.04. The van der Waals surface area contributed by atoms with Gasteiger partial charge in [-0.1, -0.05) is 65.1 Å². The zero-order chi connectivity index (χ0) is 25.0. The predicted octanol–water partition coefficient (Wildman–Crippen LogP) is 5.88. The van der Waals surface area contributed by atoms with Crippen LogP contribution in [0, 0.1) is 0 Å². The Bertz CT molecular complexity index is 1320. The molecule has 0 bridgehead atoms. The van der Waals surface area contributed by atoms with E-state index in [2.05, 4.69) is 5.32 Å². The first kappa shape index (κ1) is 26.0. The molecule has 0 heterocycles. The largest absolute Gasteiger partial charge is 0.493 e. The van der Waals surface area contributed by atoms with Crippen molar-refractivity contribution in [2.24, 2.45) is 0 Å². The summed E-state index contributed by atoms with van der Waals surface area (Å²) in [5, 5.41) is 3.24. The van der Waals surface area contributed by atoms with Gasteiger partial charge in [-0.05, 0) is 23.8 Å². The number of nitrogens with one attached hydrogen (secondary N) is 1. The lowest BCUT2D eigenvalue weighted by Crippen LogP contribution is -2.31. The van der Waals surface area contributed by atoms with Crippen molar-refractivity contribution in [1.29, 1.82) is 0 Å². The smallest absolute Gasteiger partial charge is 0.257 e. The molecule has 11 heteroatoms. The van der Waals surface area contributed by atoms with E-state index in [1.165, 1.54) is 38.5 Å². The average molecular weight is 544 g/mol. The molecule has 0 saturated heterocycles. The number of halogens is 3. The first-order valence-corrected chi connectivity index (χ1v) is 12.8. The lowest BCUT2D eigenvalue weighted by molar-refractivity contribution is 0.102. The molecule has 1 N–H and O–H groups in total. The van der Waals surface area contributed by atoms with E-state index in [-0.39, 0.29) is 50.0 Å². The number of benzene rings is 3. The summed E-state index contributed by atoms with van der Waals surface area (Å²) in [6, 6.07) is 14.6. The molecule has 0 unspecified atom stereocenters. The number of hydrogen-bond acceptors (Lipinski definition) is 5. The van der Waals surface area contributed by atoms with Crippen LogP contribution in [0.4, 0.5) is 11.4 Å². The van der Waals surface area contributed by atoms with Gasteiger partial charge in [-0.2, -0.15) is 0 Å². The fraction of sp³-hybridized carbons (Fsp3) is 0.174. The molecule has 0 aromatic heterocycles. The summed E-state index contributed by atoms with van der Waals surface area (Å²) in [6.45, 7) is -0.0109. The second-order valence-electron chi connectivity index (χ2n) is 7.18. The topological polar surface area (TPSA) is 84.9 Å². The van der Waals surface area contributed by atoms with Crippen molar-refractivity contribution in [1.82, 2.24) is 0 Å². The van der Waals surface area contributed by atoms with Crippen molar-refractivity contribution in [2.45, 2.75) is 6.54 Å². The molecule has 0 aliphatic carbocycles. The summed E-state index contributed by atoms with van der Waals surface area (Å²) in [5.74, 6) is -0.147. The van der Waals surface area contributed by atoms with Crippen LogP contribution in [0.15, 0.2) is 54.6 Å². The van der Waals surface area contributed by atoms with Crippen LogP contribution in [0.25, 0.3) is 0 Å². The van der Waals surface area contributed by atoms with Crippen LogP contribution in [-0.2, 0) is 16.6 Å². The fourth-order valence-corrected chi connectivity index (χ4v) is 4.68. The van der Waals surface area contributed by atoms with Gasteiger partial charge in [0.15, 0.2) is 11.5 Å². The minimum atomic E-state index is -3.82. The van der Waals surface area contributed by atoms with Gasteiger partial charge in [0.05, 0.1) is 59.0 Å². The molecule has 3 aromatic carbocycles.